The van der Waals surface area contributed by atoms with Gasteiger partial charge in [0.2, 0.25) is 0 Å². The summed E-state index contributed by atoms with van der Waals surface area (Å²) in [6.07, 6.45) is 0. The fraction of sp³-hybridized carbons (Fsp3) is 0.455. The molecule has 1 aromatic rings. The highest BCUT2D eigenvalue weighted by atomic mass is 79.9. The normalized spacial score (nSPS) is 21.5. The lowest BCUT2D eigenvalue weighted by Gasteiger charge is -2.32. The van der Waals surface area contributed by atoms with E-state index in [2.05, 4.69) is 33.0 Å². The van der Waals surface area contributed by atoms with Crippen molar-refractivity contribution in [1.29, 1.82) is 0 Å². The summed E-state index contributed by atoms with van der Waals surface area (Å²) in [5, 5.41) is 0.133. The van der Waals surface area contributed by atoms with E-state index in [1.807, 2.05) is 12.1 Å². The maximum atomic E-state index is 5.42. The third-order valence-corrected chi connectivity index (χ3v) is 3.02. The summed E-state index contributed by atoms with van der Waals surface area (Å²) in [6.45, 7) is 2.59. The topological polar surface area (TPSA) is 21.7 Å². The molecule has 0 N–H and O–H groups in total. The van der Waals surface area contributed by atoms with Gasteiger partial charge < -0.3 is 14.4 Å². The number of ether oxygens (including phenoxy) is 2. The summed E-state index contributed by atoms with van der Waals surface area (Å²) in [5.41, 5.74) is 1.21. The molecular weight excluding hydrogens is 258 g/mol. The van der Waals surface area contributed by atoms with Gasteiger partial charge in [0.05, 0.1) is 20.3 Å². The molecule has 2 rings (SSSR count). The van der Waals surface area contributed by atoms with Crippen molar-refractivity contribution in [3.63, 3.8) is 0 Å². The summed E-state index contributed by atoms with van der Waals surface area (Å²) < 4.78 is 10.5. The Kier molecular flexibility index (Phi) is 3.49. The molecule has 0 amide bonds. The van der Waals surface area contributed by atoms with E-state index >= 15 is 0 Å². The van der Waals surface area contributed by atoms with Gasteiger partial charge in [-0.25, -0.2) is 0 Å². The van der Waals surface area contributed by atoms with Crippen LogP contribution in [-0.4, -0.2) is 31.8 Å². The van der Waals surface area contributed by atoms with Crippen LogP contribution in [0, 0.1) is 0 Å². The Hall–Kier alpha value is -0.740. The number of alkyl halides is 1. The van der Waals surface area contributed by atoms with Crippen LogP contribution in [0.15, 0.2) is 24.3 Å². The van der Waals surface area contributed by atoms with Crippen LogP contribution in [0.5, 0.6) is 5.75 Å². The van der Waals surface area contributed by atoms with Crippen molar-refractivity contribution in [1.82, 2.24) is 0 Å². The van der Waals surface area contributed by atoms with Gasteiger partial charge >= 0.3 is 0 Å². The van der Waals surface area contributed by atoms with Crippen LogP contribution in [0.2, 0.25) is 0 Å². The molecular formula is C11H14BrNO2. The first-order valence-corrected chi connectivity index (χ1v) is 5.86. The molecule has 1 saturated heterocycles. The van der Waals surface area contributed by atoms with Crippen molar-refractivity contribution in [2.45, 2.75) is 5.01 Å². The number of hydrogen-bond donors (Lipinski definition) is 0. The summed E-state index contributed by atoms with van der Waals surface area (Å²) >= 11 is 3.47. The second kappa shape index (κ2) is 4.86. The van der Waals surface area contributed by atoms with Crippen molar-refractivity contribution in [3.05, 3.63) is 24.3 Å². The van der Waals surface area contributed by atoms with Crippen molar-refractivity contribution in [2.24, 2.45) is 0 Å². The fourth-order valence-corrected chi connectivity index (χ4v) is 2.17. The van der Waals surface area contributed by atoms with E-state index in [0.717, 1.165) is 25.4 Å². The Labute approximate surface area is 98.1 Å². The molecule has 4 heteroatoms. The van der Waals surface area contributed by atoms with Crippen molar-refractivity contribution in [3.8, 4) is 5.75 Å². The molecule has 82 valence electrons. The van der Waals surface area contributed by atoms with Gasteiger partial charge in [0.1, 0.15) is 10.8 Å². The van der Waals surface area contributed by atoms with Gasteiger partial charge in [-0.2, -0.15) is 0 Å². The molecule has 15 heavy (non-hydrogen) atoms. The van der Waals surface area contributed by atoms with Crippen LogP contribution >= 0.6 is 15.9 Å². The van der Waals surface area contributed by atoms with Gasteiger partial charge in [0, 0.05) is 12.2 Å². The lowest BCUT2D eigenvalue weighted by Crippen LogP contribution is -2.39. The van der Waals surface area contributed by atoms with Gasteiger partial charge in [-0.3, -0.25) is 0 Å². The van der Waals surface area contributed by atoms with E-state index in [0.29, 0.717) is 0 Å². The minimum absolute atomic E-state index is 0.133. The molecule has 1 atom stereocenters. The van der Waals surface area contributed by atoms with E-state index in [1.54, 1.807) is 7.11 Å². The minimum atomic E-state index is 0.133. The summed E-state index contributed by atoms with van der Waals surface area (Å²) in [7, 11) is 1.68. The zero-order valence-corrected chi connectivity index (χ0v) is 10.2. The van der Waals surface area contributed by atoms with E-state index in [-0.39, 0.29) is 5.01 Å². The summed E-state index contributed by atoms with van der Waals surface area (Å²) in [4.78, 5) is 2.29. The molecule has 0 bridgehead atoms. The lowest BCUT2D eigenvalue weighted by atomic mass is 10.2. The van der Waals surface area contributed by atoms with Crippen LogP contribution < -0.4 is 9.64 Å². The third-order valence-electron chi connectivity index (χ3n) is 2.46. The van der Waals surface area contributed by atoms with Gasteiger partial charge in [0.15, 0.2) is 0 Å². The Morgan fingerprint density at radius 2 is 2.13 bits per heavy atom. The minimum Gasteiger partial charge on any atom is -0.497 e. The summed E-state index contributed by atoms with van der Waals surface area (Å²) in [6, 6.07) is 8.11. The average molecular weight is 272 g/mol. The first kappa shape index (κ1) is 10.8. The predicted octanol–water partition coefficient (Wildman–Crippen LogP) is 2.25. The molecule has 0 aliphatic carbocycles. The highest BCUT2D eigenvalue weighted by Crippen LogP contribution is 2.22. The Balaban J connectivity index is 2.07. The molecule has 1 heterocycles. The standard InChI is InChI=1S/C11H14BrNO2/c1-14-10-4-2-9(3-5-10)13-6-7-15-11(12)8-13/h2-5,11H,6-8H2,1H3. The van der Waals surface area contributed by atoms with Gasteiger partial charge in [-0.05, 0) is 24.3 Å². The van der Waals surface area contributed by atoms with E-state index in [9.17, 15) is 0 Å². The van der Waals surface area contributed by atoms with Gasteiger partial charge in [0.25, 0.3) is 0 Å². The average Bonchev–Trinajstić information content (AvgIpc) is 2.29. The number of benzene rings is 1. The van der Waals surface area contributed by atoms with E-state index < -0.39 is 0 Å². The molecule has 0 spiro atoms. The lowest BCUT2D eigenvalue weighted by molar-refractivity contribution is 0.103. The van der Waals surface area contributed by atoms with E-state index in [4.69, 9.17) is 9.47 Å². The second-order valence-corrected chi connectivity index (χ2v) is 4.45. The first-order valence-electron chi connectivity index (χ1n) is 4.94. The Bertz CT molecular complexity index is 315. The molecule has 0 radical (unpaired) electrons. The number of anilines is 1. The monoisotopic (exact) mass is 271 g/mol. The number of methoxy groups -OCH3 is 1. The number of halogens is 1. The molecule has 0 aromatic heterocycles. The van der Waals surface area contributed by atoms with Crippen molar-refractivity contribution < 1.29 is 9.47 Å². The van der Waals surface area contributed by atoms with Crippen LogP contribution in [0.25, 0.3) is 0 Å². The molecule has 0 saturated carbocycles. The van der Waals surface area contributed by atoms with Crippen molar-refractivity contribution >= 4 is 21.6 Å². The first-order chi connectivity index (χ1) is 7.29. The molecule has 1 aliphatic heterocycles. The highest BCUT2D eigenvalue weighted by molar-refractivity contribution is 9.09. The molecule has 3 nitrogen and oxygen atoms in total. The van der Waals surface area contributed by atoms with Crippen LogP contribution in [0.3, 0.4) is 0 Å². The zero-order chi connectivity index (χ0) is 10.7. The SMILES string of the molecule is COc1ccc(N2CCOC(Br)C2)cc1. The van der Waals surface area contributed by atoms with Crippen LogP contribution in [0.4, 0.5) is 5.69 Å². The fourth-order valence-electron chi connectivity index (χ4n) is 1.64. The van der Waals surface area contributed by atoms with E-state index in [1.165, 1.54) is 5.69 Å². The quantitative estimate of drug-likeness (QED) is 0.771. The molecule has 1 aliphatic rings. The molecule has 1 unspecified atom stereocenters. The smallest absolute Gasteiger partial charge is 0.129 e. The third kappa shape index (κ3) is 2.63. The maximum absolute atomic E-state index is 5.42. The Morgan fingerprint density at radius 3 is 2.73 bits per heavy atom. The van der Waals surface area contributed by atoms with Crippen LogP contribution in [-0.2, 0) is 4.74 Å². The Morgan fingerprint density at radius 1 is 1.40 bits per heavy atom. The zero-order valence-electron chi connectivity index (χ0n) is 8.65. The van der Waals surface area contributed by atoms with Gasteiger partial charge in [-0.15, -0.1) is 0 Å². The van der Waals surface area contributed by atoms with Crippen molar-refractivity contribution in [2.75, 3.05) is 31.7 Å². The predicted molar refractivity (Wildman–Crippen MR) is 63.9 cm³/mol. The number of hydrogen-bond acceptors (Lipinski definition) is 3. The molecule has 1 fully saturated rings. The number of rotatable bonds is 2. The maximum Gasteiger partial charge on any atom is 0.129 e. The highest BCUT2D eigenvalue weighted by Gasteiger charge is 2.17. The van der Waals surface area contributed by atoms with Crippen LogP contribution in [0.1, 0.15) is 0 Å². The molecule has 1 aromatic carbocycles. The number of nitrogens with zero attached hydrogens (tertiary/aromatic N) is 1. The number of morpholine rings is 1. The second-order valence-electron chi connectivity index (χ2n) is 3.42. The summed E-state index contributed by atoms with van der Waals surface area (Å²) in [5.74, 6) is 0.891. The van der Waals surface area contributed by atoms with Gasteiger partial charge in [-0.1, -0.05) is 15.9 Å². The largest absolute Gasteiger partial charge is 0.497 e.